The van der Waals surface area contributed by atoms with Gasteiger partial charge in [0.15, 0.2) is 0 Å². The number of hydrogen-bond acceptors (Lipinski definition) is 1. The predicted molar refractivity (Wildman–Crippen MR) is 78.6 cm³/mol. The van der Waals surface area contributed by atoms with Gasteiger partial charge in [0.05, 0.1) is 0 Å². The summed E-state index contributed by atoms with van der Waals surface area (Å²) in [6.07, 6.45) is 8.34. The van der Waals surface area contributed by atoms with Crippen LogP contribution in [0.2, 0.25) is 0 Å². The molecule has 0 saturated carbocycles. The molecule has 1 aliphatic carbocycles. The minimum absolute atomic E-state index is 0.294. The second-order valence-corrected chi connectivity index (χ2v) is 5.27. The smallest absolute Gasteiger partial charge is 0.223 e. The highest BCUT2D eigenvalue weighted by Gasteiger charge is 2.18. The number of carbonyl (C=O) groups excluding carboxylic acids is 1. The van der Waals surface area contributed by atoms with Gasteiger partial charge in [0.2, 0.25) is 5.91 Å². The Labute approximate surface area is 116 Å². The van der Waals surface area contributed by atoms with Crippen LogP contribution in [-0.2, 0) is 11.3 Å². The van der Waals surface area contributed by atoms with Crippen molar-refractivity contribution in [2.75, 3.05) is 6.54 Å². The highest BCUT2D eigenvalue weighted by atomic mass is 16.2. The number of amides is 1. The summed E-state index contributed by atoms with van der Waals surface area (Å²) in [6, 6.07) is 10.3. The molecule has 1 amide bonds. The Bertz CT molecular complexity index is 424. The lowest BCUT2D eigenvalue weighted by Crippen LogP contribution is -2.32. The average molecular weight is 257 g/mol. The van der Waals surface area contributed by atoms with Gasteiger partial charge in [-0.2, -0.15) is 0 Å². The fourth-order valence-electron chi connectivity index (χ4n) is 2.58. The van der Waals surface area contributed by atoms with E-state index >= 15 is 0 Å². The quantitative estimate of drug-likeness (QED) is 0.710. The molecule has 0 bridgehead atoms. The number of benzene rings is 1. The van der Waals surface area contributed by atoms with E-state index in [1.807, 2.05) is 23.1 Å². The van der Waals surface area contributed by atoms with Crippen LogP contribution >= 0.6 is 0 Å². The van der Waals surface area contributed by atoms with E-state index in [1.165, 1.54) is 5.56 Å². The molecule has 2 rings (SSSR count). The SMILES string of the molecule is CCCN(Cc1ccccc1)C(=O)CC1C=CCC1. The van der Waals surface area contributed by atoms with Crippen LogP contribution in [0.4, 0.5) is 0 Å². The fourth-order valence-corrected chi connectivity index (χ4v) is 2.58. The van der Waals surface area contributed by atoms with E-state index in [4.69, 9.17) is 0 Å². The number of nitrogens with zero attached hydrogens (tertiary/aromatic N) is 1. The van der Waals surface area contributed by atoms with Gasteiger partial charge in [-0.15, -0.1) is 0 Å². The van der Waals surface area contributed by atoms with Crippen LogP contribution in [0, 0.1) is 5.92 Å². The van der Waals surface area contributed by atoms with Crippen molar-refractivity contribution in [3.05, 3.63) is 48.0 Å². The molecule has 0 saturated heterocycles. The Morgan fingerprint density at radius 1 is 1.32 bits per heavy atom. The molecule has 0 N–H and O–H groups in total. The molecule has 1 aromatic carbocycles. The molecule has 1 aromatic rings. The summed E-state index contributed by atoms with van der Waals surface area (Å²) in [7, 11) is 0. The molecule has 0 fully saturated rings. The molecule has 19 heavy (non-hydrogen) atoms. The lowest BCUT2D eigenvalue weighted by atomic mass is 10.0. The molecule has 1 aliphatic rings. The average Bonchev–Trinajstić information content (AvgIpc) is 2.92. The molecule has 102 valence electrons. The number of hydrogen-bond donors (Lipinski definition) is 0. The standard InChI is InChI=1S/C17H23NO/c1-2-12-18(14-16-10-4-3-5-11-16)17(19)13-15-8-6-7-9-15/h3-6,8,10-11,15H,2,7,9,12-14H2,1H3. The first kappa shape index (κ1) is 13.9. The Balaban J connectivity index is 1.94. The van der Waals surface area contributed by atoms with E-state index in [-0.39, 0.29) is 0 Å². The van der Waals surface area contributed by atoms with Crippen LogP contribution in [0.25, 0.3) is 0 Å². The maximum atomic E-state index is 12.4. The predicted octanol–water partition coefficient (Wildman–Crippen LogP) is 3.78. The van der Waals surface area contributed by atoms with Crippen LogP contribution in [-0.4, -0.2) is 17.4 Å². The van der Waals surface area contributed by atoms with Crippen molar-refractivity contribution in [2.45, 2.75) is 39.2 Å². The van der Waals surface area contributed by atoms with Gasteiger partial charge in [-0.25, -0.2) is 0 Å². The number of allylic oxidation sites excluding steroid dienone is 2. The normalized spacial score (nSPS) is 17.6. The Morgan fingerprint density at radius 3 is 2.74 bits per heavy atom. The van der Waals surface area contributed by atoms with Crippen molar-refractivity contribution in [1.82, 2.24) is 4.90 Å². The summed E-state index contributed by atoms with van der Waals surface area (Å²) in [5.74, 6) is 0.755. The van der Waals surface area contributed by atoms with E-state index < -0.39 is 0 Å². The number of carbonyl (C=O) groups is 1. The third-order valence-electron chi connectivity index (χ3n) is 3.61. The third kappa shape index (κ3) is 4.23. The van der Waals surface area contributed by atoms with Crippen molar-refractivity contribution < 1.29 is 4.79 Å². The van der Waals surface area contributed by atoms with Crippen LogP contribution < -0.4 is 0 Å². The molecule has 2 nitrogen and oxygen atoms in total. The molecular weight excluding hydrogens is 234 g/mol. The van der Waals surface area contributed by atoms with Crippen LogP contribution in [0.1, 0.15) is 38.2 Å². The highest BCUT2D eigenvalue weighted by molar-refractivity contribution is 5.76. The van der Waals surface area contributed by atoms with Gasteiger partial charge in [-0.3, -0.25) is 4.79 Å². The van der Waals surface area contributed by atoms with E-state index in [0.29, 0.717) is 18.2 Å². The Morgan fingerprint density at radius 2 is 2.11 bits per heavy atom. The zero-order valence-corrected chi connectivity index (χ0v) is 11.7. The molecule has 0 spiro atoms. The zero-order valence-electron chi connectivity index (χ0n) is 11.7. The Hall–Kier alpha value is -1.57. The first-order valence-corrected chi connectivity index (χ1v) is 7.28. The van der Waals surface area contributed by atoms with Gasteiger partial charge >= 0.3 is 0 Å². The van der Waals surface area contributed by atoms with Gasteiger partial charge in [0.25, 0.3) is 0 Å². The molecule has 2 heteroatoms. The maximum Gasteiger partial charge on any atom is 0.223 e. The summed E-state index contributed by atoms with van der Waals surface area (Å²) in [5, 5.41) is 0. The lowest BCUT2D eigenvalue weighted by Gasteiger charge is -2.23. The van der Waals surface area contributed by atoms with Crippen LogP contribution in [0.15, 0.2) is 42.5 Å². The molecule has 0 aliphatic heterocycles. The summed E-state index contributed by atoms with van der Waals surface area (Å²) >= 11 is 0. The zero-order chi connectivity index (χ0) is 13.5. The minimum atomic E-state index is 0.294. The van der Waals surface area contributed by atoms with Crippen molar-refractivity contribution >= 4 is 5.91 Å². The topological polar surface area (TPSA) is 20.3 Å². The van der Waals surface area contributed by atoms with E-state index in [0.717, 1.165) is 32.4 Å². The summed E-state index contributed by atoms with van der Waals surface area (Å²) in [4.78, 5) is 14.4. The third-order valence-corrected chi connectivity index (χ3v) is 3.61. The van der Waals surface area contributed by atoms with Crippen LogP contribution in [0.3, 0.4) is 0 Å². The first-order valence-electron chi connectivity index (χ1n) is 7.28. The molecule has 1 atom stereocenters. The van der Waals surface area contributed by atoms with Crippen molar-refractivity contribution in [3.63, 3.8) is 0 Å². The second-order valence-electron chi connectivity index (χ2n) is 5.27. The molecule has 1 unspecified atom stereocenters. The van der Waals surface area contributed by atoms with Crippen molar-refractivity contribution in [3.8, 4) is 0 Å². The van der Waals surface area contributed by atoms with Crippen molar-refractivity contribution in [1.29, 1.82) is 0 Å². The van der Waals surface area contributed by atoms with Gasteiger partial charge in [-0.1, -0.05) is 49.4 Å². The molecular formula is C17H23NO. The summed E-state index contributed by atoms with van der Waals surface area (Å²) in [6.45, 7) is 3.72. The largest absolute Gasteiger partial charge is 0.338 e. The maximum absolute atomic E-state index is 12.4. The fraction of sp³-hybridized carbons (Fsp3) is 0.471. The van der Waals surface area contributed by atoms with Crippen molar-refractivity contribution in [2.24, 2.45) is 5.92 Å². The van der Waals surface area contributed by atoms with E-state index in [9.17, 15) is 4.79 Å². The van der Waals surface area contributed by atoms with Crippen LogP contribution in [0.5, 0.6) is 0 Å². The lowest BCUT2D eigenvalue weighted by molar-refractivity contribution is -0.132. The summed E-state index contributed by atoms with van der Waals surface area (Å²) < 4.78 is 0. The number of rotatable bonds is 6. The highest BCUT2D eigenvalue weighted by Crippen LogP contribution is 2.21. The molecule has 0 radical (unpaired) electrons. The van der Waals surface area contributed by atoms with Gasteiger partial charge < -0.3 is 4.90 Å². The van der Waals surface area contributed by atoms with Gasteiger partial charge in [0.1, 0.15) is 0 Å². The summed E-state index contributed by atoms with van der Waals surface area (Å²) in [5.41, 5.74) is 1.21. The molecule has 0 heterocycles. The Kier molecular flexibility index (Phi) is 5.20. The van der Waals surface area contributed by atoms with Gasteiger partial charge in [-0.05, 0) is 30.7 Å². The van der Waals surface area contributed by atoms with E-state index in [2.05, 4.69) is 31.2 Å². The minimum Gasteiger partial charge on any atom is -0.338 e. The first-order chi connectivity index (χ1) is 9.29. The monoisotopic (exact) mass is 257 g/mol. The molecule has 0 aromatic heterocycles. The second kappa shape index (κ2) is 7.13. The van der Waals surface area contributed by atoms with Gasteiger partial charge in [0, 0.05) is 19.5 Å². The van der Waals surface area contributed by atoms with E-state index in [1.54, 1.807) is 0 Å².